The Morgan fingerprint density at radius 3 is 2.16 bits per heavy atom. The number of rotatable bonds is 5. The molecule has 2 aromatic carbocycles. The molecule has 25 heavy (non-hydrogen) atoms. The number of aromatic carboxylic acids is 1. The average Bonchev–Trinajstić information content (AvgIpc) is 2.59. The van der Waals surface area contributed by atoms with E-state index in [9.17, 15) is 4.79 Å². The number of anilines is 4. The van der Waals surface area contributed by atoms with Crippen LogP contribution in [0.4, 0.5) is 23.0 Å². The molecule has 126 valence electrons. The lowest BCUT2D eigenvalue weighted by Gasteiger charge is -2.10. The van der Waals surface area contributed by atoms with Gasteiger partial charge in [0.2, 0.25) is 0 Å². The van der Waals surface area contributed by atoms with E-state index in [1.165, 1.54) is 18.5 Å². The van der Waals surface area contributed by atoms with E-state index in [0.717, 1.165) is 16.9 Å². The molecule has 0 atom stereocenters. The van der Waals surface area contributed by atoms with E-state index < -0.39 is 5.97 Å². The maximum atomic E-state index is 10.9. The van der Waals surface area contributed by atoms with E-state index in [1.807, 2.05) is 25.1 Å². The number of aromatic nitrogens is 2. The van der Waals surface area contributed by atoms with Crippen molar-refractivity contribution in [2.75, 3.05) is 10.6 Å². The maximum absolute atomic E-state index is 10.9. The highest BCUT2D eigenvalue weighted by molar-refractivity contribution is 6.31. The SMILES string of the molecule is Cc1ccc(Nc2cc(Nc3ccc(C(=O)O)cc3)ncn2)cc1Cl. The van der Waals surface area contributed by atoms with Crippen LogP contribution in [0.1, 0.15) is 15.9 Å². The van der Waals surface area contributed by atoms with Crippen LogP contribution in [0, 0.1) is 6.92 Å². The molecule has 3 rings (SSSR count). The summed E-state index contributed by atoms with van der Waals surface area (Å²) in [6.45, 7) is 1.94. The Balaban J connectivity index is 1.74. The van der Waals surface area contributed by atoms with E-state index >= 15 is 0 Å². The minimum Gasteiger partial charge on any atom is -0.478 e. The summed E-state index contributed by atoms with van der Waals surface area (Å²) in [5.41, 5.74) is 2.79. The first-order valence-corrected chi connectivity index (χ1v) is 7.85. The second-order valence-electron chi connectivity index (χ2n) is 5.38. The molecule has 0 unspecified atom stereocenters. The van der Waals surface area contributed by atoms with Crippen molar-refractivity contribution in [3.63, 3.8) is 0 Å². The first-order chi connectivity index (χ1) is 12.0. The Morgan fingerprint density at radius 2 is 1.56 bits per heavy atom. The molecule has 0 saturated carbocycles. The summed E-state index contributed by atoms with van der Waals surface area (Å²) in [6.07, 6.45) is 1.44. The highest BCUT2D eigenvalue weighted by Gasteiger charge is 2.04. The fourth-order valence-corrected chi connectivity index (χ4v) is 2.34. The molecule has 0 spiro atoms. The van der Waals surface area contributed by atoms with E-state index in [1.54, 1.807) is 18.2 Å². The minimum atomic E-state index is -0.961. The van der Waals surface area contributed by atoms with Crippen LogP contribution < -0.4 is 10.6 Å². The van der Waals surface area contributed by atoms with Gasteiger partial charge in [-0.15, -0.1) is 0 Å². The molecule has 6 nitrogen and oxygen atoms in total. The third kappa shape index (κ3) is 4.24. The predicted octanol–water partition coefficient (Wildman–Crippen LogP) is 4.62. The number of carbonyl (C=O) groups is 1. The van der Waals surface area contributed by atoms with Gasteiger partial charge in [-0.05, 0) is 48.9 Å². The first-order valence-electron chi connectivity index (χ1n) is 7.47. The number of carboxylic acid groups (broad SMARTS) is 1. The van der Waals surface area contributed by atoms with Crippen molar-refractivity contribution >= 4 is 40.6 Å². The highest BCUT2D eigenvalue weighted by Crippen LogP contribution is 2.23. The van der Waals surface area contributed by atoms with Gasteiger partial charge in [-0.3, -0.25) is 0 Å². The Bertz CT molecular complexity index is 913. The van der Waals surface area contributed by atoms with Crippen LogP contribution in [-0.2, 0) is 0 Å². The molecule has 1 heterocycles. The van der Waals surface area contributed by atoms with Crippen molar-refractivity contribution in [1.82, 2.24) is 9.97 Å². The zero-order valence-electron chi connectivity index (χ0n) is 13.3. The van der Waals surface area contributed by atoms with Crippen molar-refractivity contribution < 1.29 is 9.90 Å². The molecule has 0 radical (unpaired) electrons. The van der Waals surface area contributed by atoms with Gasteiger partial charge in [-0.1, -0.05) is 17.7 Å². The fraction of sp³-hybridized carbons (Fsp3) is 0.0556. The summed E-state index contributed by atoms with van der Waals surface area (Å²) in [5, 5.41) is 15.9. The lowest BCUT2D eigenvalue weighted by atomic mass is 10.2. The fourth-order valence-electron chi connectivity index (χ4n) is 2.16. The second kappa shape index (κ2) is 7.19. The van der Waals surface area contributed by atoms with Gasteiger partial charge in [0, 0.05) is 22.5 Å². The smallest absolute Gasteiger partial charge is 0.335 e. The maximum Gasteiger partial charge on any atom is 0.335 e. The number of carboxylic acids is 1. The second-order valence-corrected chi connectivity index (χ2v) is 5.79. The average molecular weight is 355 g/mol. The molecule has 3 aromatic rings. The number of hydrogen-bond donors (Lipinski definition) is 3. The molecular weight excluding hydrogens is 340 g/mol. The van der Waals surface area contributed by atoms with Crippen LogP contribution in [-0.4, -0.2) is 21.0 Å². The molecule has 1 aromatic heterocycles. The molecule has 0 saturated heterocycles. The summed E-state index contributed by atoms with van der Waals surface area (Å²) >= 11 is 6.13. The van der Waals surface area contributed by atoms with Crippen LogP contribution in [0.15, 0.2) is 54.9 Å². The molecule has 0 fully saturated rings. The van der Waals surface area contributed by atoms with Gasteiger partial charge in [0.15, 0.2) is 0 Å². The van der Waals surface area contributed by atoms with Crippen molar-refractivity contribution in [1.29, 1.82) is 0 Å². The highest BCUT2D eigenvalue weighted by atomic mass is 35.5. The van der Waals surface area contributed by atoms with Crippen molar-refractivity contribution in [2.24, 2.45) is 0 Å². The predicted molar refractivity (Wildman–Crippen MR) is 98.2 cm³/mol. The number of nitrogens with zero attached hydrogens (tertiary/aromatic N) is 2. The summed E-state index contributed by atoms with van der Waals surface area (Å²) in [7, 11) is 0. The van der Waals surface area contributed by atoms with E-state index in [0.29, 0.717) is 16.7 Å². The third-order valence-corrected chi connectivity index (χ3v) is 3.92. The van der Waals surface area contributed by atoms with E-state index in [4.69, 9.17) is 16.7 Å². The molecular formula is C18H15ClN4O2. The largest absolute Gasteiger partial charge is 0.478 e. The van der Waals surface area contributed by atoms with Crippen LogP contribution in [0.3, 0.4) is 0 Å². The number of hydrogen-bond acceptors (Lipinski definition) is 5. The van der Waals surface area contributed by atoms with Gasteiger partial charge in [-0.25, -0.2) is 14.8 Å². The van der Waals surface area contributed by atoms with Crippen molar-refractivity contribution in [3.8, 4) is 0 Å². The van der Waals surface area contributed by atoms with Crippen molar-refractivity contribution in [3.05, 3.63) is 71.0 Å². The Kier molecular flexibility index (Phi) is 4.81. The Morgan fingerprint density at radius 1 is 0.960 bits per heavy atom. The van der Waals surface area contributed by atoms with Crippen LogP contribution in [0.5, 0.6) is 0 Å². The van der Waals surface area contributed by atoms with Crippen LogP contribution in [0.2, 0.25) is 5.02 Å². The topological polar surface area (TPSA) is 87.1 Å². The lowest BCUT2D eigenvalue weighted by molar-refractivity contribution is 0.0697. The summed E-state index contributed by atoms with van der Waals surface area (Å²) < 4.78 is 0. The van der Waals surface area contributed by atoms with Gasteiger partial charge in [0.25, 0.3) is 0 Å². The van der Waals surface area contributed by atoms with Crippen LogP contribution in [0.25, 0.3) is 0 Å². The minimum absolute atomic E-state index is 0.229. The molecule has 0 amide bonds. The normalized spacial score (nSPS) is 10.3. The summed E-state index contributed by atoms with van der Waals surface area (Å²) in [4.78, 5) is 19.2. The summed E-state index contributed by atoms with van der Waals surface area (Å²) in [5.74, 6) is 0.232. The van der Waals surface area contributed by atoms with Gasteiger partial charge in [0.1, 0.15) is 18.0 Å². The molecule has 0 aliphatic rings. The van der Waals surface area contributed by atoms with Gasteiger partial charge in [-0.2, -0.15) is 0 Å². The quantitative estimate of drug-likeness (QED) is 0.619. The molecule has 0 bridgehead atoms. The standard InChI is InChI=1S/C18H15ClN4O2/c1-11-2-5-14(8-15(11)19)23-17-9-16(20-10-21-17)22-13-6-3-12(4-7-13)18(24)25/h2-10H,1H3,(H,24,25)(H2,20,21,22,23). The number of benzene rings is 2. The van der Waals surface area contributed by atoms with Crippen molar-refractivity contribution in [2.45, 2.75) is 6.92 Å². The first kappa shape index (κ1) is 16.7. The number of nitrogens with one attached hydrogen (secondary N) is 2. The molecule has 7 heteroatoms. The van der Waals surface area contributed by atoms with Gasteiger partial charge in [0.05, 0.1) is 5.56 Å². The zero-order valence-corrected chi connectivity index (χ0v) is 14.1. The molecule has 3 N–H and O–H groups in total. The summed E-state index contributed by atoms with van der Waals surface area (Å²) in [6, 6.07) is 13.8. The lowest BCUT2D eigenvalue weighted by Crippen LogP contribution is -1.99. The molecule has 0 aliphatic heterocycles. The van der Waals surface area contributed by atoms with Crippen LogP contribution >= 0.6 is 11.6 Å². The third-order valence-electron chi connectivity index (χ3n) is 3.52. The number of aryl methyl sites for hydroxylation is 1. The van der Waals surface area contributed by atoms with E-state index in [-0.39, 0.29) is 5.56 Å². The van der Waals surface area contributed by atoms with Gasteiger partial charge >= 0.3 is 5.97 Å². The monoisotopic (exact) mass is 354 g/mol. The Hall–Kier alpha value is -3.12. The van der Waals surface area contributed by atoms with E-state index in [2.05, 4.69) is 20.6 Å². The van der Waals surface area contributed by atoms with Gasteiger partial charge < -0.3 is 15.7 Å². The molecule has 0 aliphatic carbocycles. The Labute approximate surface area is 149 Å². The number of halogens is 1. The zero-order chi connectivity index (χ0) is 17.8.